The van der Waals surface area contributed by atoms with Crippen LogP contribution in [-0.4, -0.2) is 64.5 Å². The van der Waals surface area contributed by atoms with Crippen LogP contribution in [0.25, 0.3) is 16.9 Å². The van der Waals surface area contributed by atoms with Crippen molar-refractivity contribution in [3.05, 3.63) is 36.2 Å². The number of para-hydroxylation sites is 2. The molecule has 10 heteroatoms. The number of aromatic nitrogens is 4. The molecule has 0 radical (unpaired) electrons. The third-order valence-electron chi connectivity index (χ3n) is 7.03. The molecular formula is C26H35F2N7O. The highest BCUT2D eigenvalue weighted by Crippen LogP contribution is 2.32. The lowest BCUT2D eigenvalue weighted by Gasteiger charge is -2.38. The summed E-state index contributed by atoms with van der Waals surface area (Å²) in [7, 11) is 0. The molecule has 194 valence electrons. The van der Waals surface area contributed by atoms with Crippen molar-refractivity contribution in [1.82, 2.24) is 19.5 Å². The molecule has 2 fully saturated rings. The van der Waals surface area contributed by atoms with E-state index in [1.54, 1.807) is 18.2 Å². The monoisotopic (exact) mass is 499 g/mol. The minimum Gasteiger partial charge on any atom is -0.378 e. The predicted octanol–water partition coefficient (Wildman–Crippen LogP) is 4.32. The number of nitrogens with two attached hydrogens (primary N) is 1. The molecule has 1 saturated carbocycles. The Bertz CT molecular complexity index is 1170. The van der Waals surface area contributed by atoms with Gasteiger partial charge in [0.25, 0.3) is 6.43 Å². The Labute approximate surface area is 210 Å². The van der Waals surface area contributed by atoms with Gasteiger partial charge in [0.05, 0.1) is 24.2 Å². The van der Waals surface area contributed by atoms with E-state index in [9.17, 15) is 8.78 Å². The highest BCUT2D eigenvalue weighted by atomic mass is 19.3. The van der Waals surface area contributed by atoms with Crippen molar-refractivity contribution in [1.29, 1.82) is 0 Å². The van der Waals surface area contributed by atoms with Crippen LogP contribution in [0.1, 0.15) is 51.8 Å². The number of nitrogens with zero attached hydrogens (tertiary/aromatic N) is 6. The zero-order chi connectivity index (χ0) is 25.2. The second kappa shape index (κ2) is 10.6. The zero-order valence-corrected chi connectivity index (χ0v) is 21.0. The molecule has 3 heterocycles. The van der Waals surface area contributed by atoms with Crippen LogP contribution in [0.15, 0.2) is 30.3 Å². The Morgan fingerprint density at radius 3 is 2.47 bits per heavy atom. The van der Waals surface area contributed by atoms with Crippen LogP contribution in [0, 0.1) is 5.92 Å². The number of hydrogen-bond donors (Lipinski definition) is 1. The number of anilines is 2. The third-order valence-corrected chi connectivity index (χ3v) is 7.03. The molecule has 2 aromatic heterocycles. The van der Waals surface area contributed by atoms with Crippen LogP contribution in [-0.2, 0) is 4.74 Å². The standard InChI is InChI=1S/C26H35F2N7O/c1-17(2)16-34(19-9-7-18(29)8-10-19)22-15-23(32-26(31-22)33-11-13-36-14-12-33)35-21-6-4-3-5-20(21)30-25(35)24(27)28/h3-6,15,17-19,24H,7-14,16,29H2,1-2H3. The van der Waals surface area contributed by atoms with Crippen LogP contribution in [0.3, 0.4) is 0 Å². The van der Waals surface area contributed by atoms with Crippen LogP contribution < -0.4 is 15.5 Å². The first-order valence-corrected chi connectivity index (χ1v) is 12.9. The summed E-state index contributed by atoms with van der Waals surface area (Å²) in [6, 6.07) is 9.56. The maximum Gasteiger partial charge on any atom is 0.296 e. The normalized spacial score (nSPS) is 21.0. The average molecular weight is 500 g/mol. The summed E-state index contributed by atoms with van der Waals surface area (Å²) in [6.45, 7) is 7.64. The van der Waals surface area contributed by atoms with E-state index in [0.29, 0.717) is 61.1 Å². The summed E-state index contributed by atoms with van der Waals surface area (Å²) in [5.74, 6) is 1.79. The van der Waals surface area contributed by atoms with Gasteiger partial charge >= 0.3 is 0 Å². The maximum absolute atomic E-state index is 14.2. The summed E-state index contributed by atoms with van der Waals surface area (Å²) >= 11 is 0. The molecule has 0 spiro atoms. The van der Waals surface area contributed by atoms with Gasteiger partial charge in [0.2, 0.25) is 5.95 Å². The number of rotatable bonds is 7. The molecule has 0 amide bonds. The van der Waals surface area contributed by atoms with Crippen LogP contribution in [0.2, 0.25) is 0 Å². The topological polar surface area (TPSA) is 85.3 Å². The van der Waals surface area contributed by atoms with Crippen molar-refractivity contribution < 1.29 is 13.5 Å². The first-order valence-electron chi connectivity index (χ1n) is 12.9. The number of morpholine rings is 1. The predicted molar refractivity (Wildman–Crippen MR) is 137 cm³/mol. The zero-order valence-electron chi connectivity index (χ0n) is 21.0. The molecule has 0 atom stereocenters. The molecule has 2 aliphatic rings. The van der Waals surface area contributed by atoms with E-state index in [1.165, 1.54) is 4.57 Å². The largest absolute Gasteiger partial charge is 0.378 e. The molecule has 0 bridgehead atoms. The number of benzene rings is 1. The van der Waals surface area contributed by atoms with Gasteiger partial charge in [-0.05, 0) is 43.7 Å². The van der Waals surface area contributed by atoms with Gasteiger partial charge in [-0.2, -0.15) is 9.97 Å². The lowest BCUT2D eigenvalue weighted by Crippen LogP contribution is -2.43. The quantitative estimate of drug-likeness (QED) is 0.518. The lowest BCUT2D eigenvalue weighted by molar-refractivity contribution is 0.122. The first kappa shape index (κ1) is 24.8. The molecular weight excluding hydrogens is 464 g/mol. The average Bonchev–Trinajstić information content (AvgIpc) is 3.28. The van der Waals surface area contributed by atoms with Gasteiger partial charge < -0.3 is 20.3 Å². The minimum atomic E-state index is -2.74. The van der Waals surface area contributed by atoms with Crippen LogP contribution in [0.4, 0.5) is 20.5 Å². The molecule has 0 unspecified atom stereocenters. The SMILES string of the molecule is CC(C)CN(c1cc(-n2c(C(F)F)nc3ccccc32)nc(N2CCOCC2)n1)C1CCC(N)CC1. The van der Waals surface area contributed by atoms with Gasteiger partial charge in [0.15, 0.2) is 5.82 Å². The van der Waals surface area contributed by atoms with Crippen molar-refractivity contribution in [3.63, 3.8) is 0 Å². The number of alkyl halides is 2. The molecule has 36 heavy (non-hydrogen) atoms. The second-order valence-corrected chi connectivity index (χ2v) is 10.2. The van der Waals surface area contributed by atoms with Gasteiger partial charge in [-0.15, -0.1) is 0 Å². The fraction of sp³-hybridized carbons (Fsp3) is 0.577. The fourth-order valence-electron chi connectivity index (χ4n) is 5.24. The van der Waals surface area contributed by atoms with Crippen LogP contribution >= 0.6 is 0 Å². The van der Waals surface area contributed by atoms with E-state index in [-0.39, 0.29) is 11.9 Å². The smallest absolute Gasteiger partial charge is 0.296 e. The molecule has 1 aromatic carbocycles. The van der Waals surface area contributed by atoms with Gasteiger partial charge in [0.1, 0.15) is 11.6 Å². The summed E-state index contributed by atoms with van der Waals surface area (Å²) < 4.78 is 35.4. The van der Waals surface area contributed by atoms with E-state index >= 15 is 0 Å². The molecule has 1 aliphatic heterocycles. The summed E-state index contributed by atoms with van der Waals surface area (Å²) in [4.78, 5) is 18.5. The molecule has 1 aliphatic carbocycles. The van der Waals surface area contributed by atoms with Gasteiger partial charge in [-0.1, -0.05) is 26.0 Å². The summed E-state index contributed by atoms with van der Waals surface area (Å²) in [5, 5.41) is 0. The van der Waals surface area contributed by atoms with Crippen molar-refractivity contribution in [3.8, 4) is 5.82 Å². The van der Waals surface area contributed by atoms with E-state index in [2.05, 4.69) is 28.6 Å². The lowest BCUT2D eigenvalue weighted by atomic mass is 9.90. The summed E-state index contributed by atoms with van der Waals surface area (Å²) in [5.41, 5.74) is 7.32. The molecule has 5 rings (SSSR count). The first-order chi connectivity index (χ1) is 17.4. The minimum absolute atomic E-state index is 0.234. The molecule has 1 saturated heterocycles. The summed E-state index contributed by atoms with van der Waals surface area (Å²) in [6.07, 6.45) is 1.16. The Balaban J connectivity index is 1.66. The number of fused-ring (bicyclic) bond motifs is 1. The Morgan fingerprint density at radius 2 is 1.78 bits per heavy atom. The van der Waals surface area contributed by atoms with Crippen molar-refractivity contribution in [2.24, 2.45) is 11.7 Å². The fourth-order valence-corrected chi connectivity index (χ4v) is 5.24. The van der Waals surface area contributed by atoms with Crippen molar-refractivity contribution in [2.45, 2.75) is 58.0 Å². The highest BCUT2D eigenvalue weighted by Gasteiger charge is 2.29. The second-order valence-electron chi connectivity index (χ2n) is 10.2. The van der Waals surface area contributed by atoms with Crippen LogP contribution in [0.5, 0.6) is 0 Å². The number of hydrogen-bond acceptors (Lipinski definition) is 7. The van der Waals surface area contributed by atoms with Crippen molar-refractivity contribution >= 4 is 22.8 Å². The van der Waals surface area contributed by atoms with E-state index in [1.807, 2.05) is 12.1 Å². The van der Waals surface area contributed by atoms with Gasteiger partial charge in [-0.3, -0.25) is 4.57 Å². The molecule has 3 aromatic rings. The maximum atomic E-state index is 14.2. The molecule has 8 nitrogen and oxygen atoms in total. The third kappa shape index (κ3) is 5.15. The Kier molecular flexibility index (Phi) is 7.34. The number of ether oxygens (including phenoxy) is 1. The van der Waals surface area contributed by atoms with Crippen molar-refractivity contribution in [2.75, 3.05) is 42.6 Å². The van der Waals surface area contributed by atoms with E-state index < -0.39 is 6.43 Å². The number of halogens is 2. The Hall–Kier alpha value is -2.85. The number of imidazole rings is 1. The molecule has 2 N–H and O–H groups in total. The van der Waals surface area contributed by atoms with E-state index in [0.717, 1.165) is 38.0 Å². The highest BCUT2D eigenvalue weighted by molar-refractivity contribution is 5.78. The van der Waals surface area contributed by atoms with Gasteiger partial charge in [0, 0.05) is 37.8 Å². The Morgan fingerprint density at radius 1 is 1.06 bits per heavy atom. The van der Waals surface area contributed by atoms with Gasteiger partial charge in [-0.25, -0.2) is 13.8 Å². The van der Waals surface area contributed by atoms with E-state index in [4.69, 9.17) is 20.4 Å².